The molecule has 29 heavy (non-hydrogen) atoms. The average Bonchev–Trinajstić information content (AvgIpc) is 3.23. The van der Waals surface area contributed by atoms with Crippen LogP contribution in [0.4, 0.5) is 0 Å². The van der Waals surface area contributed by atoms with Crippen molar-refractivity contribution in [2.24, 2.45) is 24.8 Å². The van der Waals surface area contributed by atoms with E-state index in [1.165, 1.54) is 19.3 Å². The molecule has 1 aromatic heterocycles. The minimum absolute atomic E-state index is 0.0188. The third kappa shape index (κ3) is 3.64. The Kier molecular flexibility index (Phi) is 4.79. The maximum Gasteiger partial charge on any atom is 0.258 e. The van der Waals surface area contributed by atoms with Crippen molar-refractivity contribution in [2.75, 3.05) is 19.7 Å². The largest absolute Gasteiger partial charge is 0.477 e. The van der Waals surface area contributed by atoms with E-state index >= 15 is 0 Å². The van der Waals surface area contributed by atoms with Gasteiger partial charge in [0.25, 0.3) is 5.91 Å². The maximum absolute atomic E-state index is 13.2. The Balaban J connectivity index is 1.20. The molecule has 1 aliphatic heterocycles. The van der Waals surface area contributed by atoms with Crippen molar-refractivity contribution in [3.05, 3.63) is 11.8 Å². The Labute approximate surface area is 172 Å². The Bertz CT molecular complexity index is 767. The van der Waals surface area contributed by atoms with Crippen LogP contribution in [0.15, 0.2) is 6.20 Å². The molecule has 7 nitrogen and oxygen atoms in total. The van der Waals surface area contributed by atoms with Gasteiger partial charge in [0, 0.05) is 32.1 Å². The van der Waals surface area contributed by atoms with Crippen molar-refractivity contribution in [3.63, 3.8) is 0 Å². The number of hydrogen-bond acceptors (Lipinski definition) is 4. The van der Waals surface area contributed by atoms with E-state index in [1.807, 2.05) is 4.90 Å². The van der Waals surface area contributed by atoms with Crippen molar-refractivity contribution in [1.29, 1.82) is 0 Å². The van der Waals surface area contributed by atoms with E-state index in [0.717, 1.165) is 56.4 Å². The van der Waals surface area contributed by atoms with E-state index in [0.29, 0.717) is 31.0 Å². The van der Waals surface area contributed by atoms with Crippen LogP contribution in [0.3, 0.4) is 0 Å². The summed E-state index contributed by atoms with van der Waals surface area (Å²) in [4.78, 5) is 26.8. The fraction of sp³-hybridized carbons (Fsp3) is 0.773. The average molecular weight is 401 g/mol. The lowest BCUT2D eigenvalue weighted by molar-refractivity contribution is -0.127. The van der Waals surface area contributed by atoms with Crippen LogP contribution >= 0.6 is 0 Å². The molecular weight excluding hydrogens is 368 g/mol. The number of ether oxygens (including phenoxy) is 1. The van der Waals surface area contributed by atoms with Crippen LogP contribution in [0.25, 0.3) is 0 Å². The van der Waals surface area contributed by atoms with Crippen molar-refractivity contribution in [2.45, 2.75) is 63.3 Å². The van der Waals surface area contributed by atoms with Crippen molar-refractivity contribution in [3.8, 4) is 5.88 Å². The zero-order chi connectivity index (χ0) is 20.0. The van der Waals surface area contributed by atoms with E-state index in [1.54, 1.807) is 17.9 Å². The Hall–Kier alpha value is -2.05. The Morgan fingerprint density at radius 2 is 1.93 bits per heavy atom. The number of hydrogen-bond donors (Lipinski definition) is 1. The summed E-state index contributed by atoms with van der Waals surface area (Å²) in [6.45, 7) is 2.04. The van der Waals surface area contributed by atoms with Gasteiger partial charge in [-0.05, 0) is 69.1 Å². The smallest absolute Gasteiger partial charge is 0.258 e. The lowest BCUT2D eigenvalue weighted by Crippen LogP contribution is -2.59. The number of likely N-dealkylation sites (tertiary alicyclic amines) is 1. The quantitative estimate of drug-likeness (QED) is 0.714. The highest BCUT2D eigenvalue weighted by Gasteiger charge is 2.51. The van der Waals surface area contributed by atoms with Gasteiger partial charge in [0.15, 0.2) is 0 Å². The molecule has 158 valence electrons. The normalized spacial score (nSPS) is 32.8. The summed E-state index contributed by atoms with van der Waals surface area (Å²) in [5.41, 5.74) is 0.509. The molecule has 0 atom stereocenters. The Morgan fingerprint density at radius 1 is 1.24 bits per heavy atom. The number of nitrogens with one attached hydrogen (secondary N) is 1. The summed E-state index contributed by atoms with van der Waals surface area (Å²) < 4.78 is 7.58. The molecule has 1 saturated heterocycles. The van der Waals surface area contributed by atoms with Crippen LogP contribution in [0.2, 0.25) is 0 Å². The highest BCUT2D eigenvalue weighted by atomic mass is 16.5. The lowest BCUT2D eigenvalue weighted by atomic mass is 9.53. The van der Waals surface area contributed by atoms with E-state index < -0.39 is 0 Å². The number of nitrogens with zero attached hydrogens (tertiary/aromatic N) is 3. The molecule has 1 aromatic rings. The topological polar surface area (TPSA) is 76.5 Å². The minimum atomic E-state index is -0.0511. The summed E-state index contributed by atoms with van der Waals surface area (Å²) in [7, 11) is 1.81. The molecule has 5 fully saturated rings. The molecule has 0 spiro atoms. The van der Waals surface area contributed by atoms with Gasteiger partial charge in [-0.15, -0.1) is 0 Å². The van der Waals surface area contributed by atoms with Gasteiger partial charge in [0.2, 0.25) is 11.8 Å². The molecule has 4 saturated carbocycles. The first-order chi connectivity index (χ1) is 14.0. The third-order valence-corrected chi connectivity index (χ3v) is 7.53. The number of aryl methyl sites for hydroxylation is 1. The standard InChI is InChI=1S/C22H32N4O3/c1-25-21(29-7-3-6-26-5-2-4-19(26)27)18(14-23-25)20(28)24-22-11-15-8-16(12-22)10-17(9-15)13-22/h14-17H,2-13H2,1H3,(H,24,28). The molecule has 4 bridgehead atoms. The molecular formula is C22H32N4O3. The predicted molar refractivity (Wildman–Crippen MR) is 108 cm³/mol. The predicted octanol–water partition coefficient (Wildman–Crippen LogP) is 2.51. The van der Waals surface area contributed by atoms with Crippen LogP contribution in [0.5, 0.6) is 5.88 Å². The van der Waals surface area contributed by atoms with Gasteiger partial charge in [-0.3, -0.25) is 9.59 Å². The minimum Gasteiger partial charge on any atom is -0.477 e. The fourth-order valence-electron chi connectivity index (χ4n) is 6.69. The third-order valence-electron chi connectivity index (χ3n) is 7.53. The van der Waals surface area contributed by atoms with Crippen LogP contribution in [0, 0.1) is 17.8 Å². The second kappa shape index (κ2) is 7.33. The molecule has 0 radical (unpaired) electrons. The zero-order valence-electron chi connectivity index (χ0n) is 17.4. The van der Waals surface area contributed by atoms with Crippen molar-refractivity contribution >= 4 is 11.8 Å². The molecule has 2 heterocycles. The number of amides is 2. The van der Waals surface area contributed by atoms with E-state index in [9.17, 15) is 9.59 Å². The van der Waals surface area contributed by atoms with Crippen LogP contribution < -0.4 is 10.1 Å². The lowest BCUT2D eigenvalue weighted by Gasteiger charge is -2.56. The van der Waals surface area contributed by atoms with E-state index in [2.05, 4.69) is 10.4 Å². The van der Waals surface area contributed by atoms with Crippen LogP contribution in [-0.4, -0.2) is 51.7 Å². The Morgan fingerprint density at radius 3 is 2.55 bits per heavy atom. The zero-order valence-corrected chi connectivity index (χ0v) is 17.4. The van der Waals surface area contributed by atoms with Gasteiger partial charge in [0.1, 0.15) is 5.56 Å². The summed E-state index contributed by atoms with van der Waals surface area (Å²) in [6.07, 6.45) is 11.5. The van der Waals surface area contributed by atoms with Gasteiger partial charge in [0.05, 0.1) is 12.8 Å². The first-order valence-electron chi connectivity index (χ1n) is 11.3. The summed E-state index contributed by atoms with van der Waals surface area (Å²) in [5, 5.41) is 7.68. The van der Waals surface area contributed by atoms with Gasteiger partial charge < -0.3 is 15.0 Å². The molecule has 1 N–H and O–H groups in total. The molecule has 0 unspecified atom stereocenters. The van der Waals surface area contributed by atoms with Gasteiger partial charge in [-0.2, -0.15) is 5.10 Å². The first kappa shape index (κ1) is 18.9. The molecule has 5 aliphatic rings. The molecule has 0 aromatic carbocycles. The molecule has 7 heteroatoms. The highest BCUT2D eigenvalue weighted by Crippen LogP contribution is 2.55. The SMILES string of the molecule is Cn1ncc(C(=O)NC23CC4CC(CC(C4)C2)C3)c1OCCCN1CCCC1=O. The molecule has 6 rings (SSSR count). The number of rotatable bonds is 7. The van der Waals surface area contributed by atoms with E-state index in [4.69, 9.17) is 4.74 Å². The van der Waals surface area contributed by atoms with Gasteiger partial charge in [-0.1, -0.05) is 0 Å². The second-order valence-corrected chi connectivity index (χ2v) is 9.83. The van der Waals surface area contributed by atoms with E-state index in [-0.39, 0.29) is 17.4 Å². The summed E-state index contributed by atoms with van der Waals surface area (Å²) in [6, 6.07) is 0. The summed E-state index contributed by atoms with van der Waals surface area (Å²) >= 11 is 0. The van der Waals surface area contributed by atoms with Crippen LogP contribution in [-0.2, 0) is 11.8 Å². The fourth-order valence-corrected chi connectivity index (χ4v) is 6.69. The summed E-state index contributed by atoms with van der Waals surface area (Å²) in [5.74, 6) is 3.09. The maximum atomic E-state index is 13.2. The van der Waals surface area contributed by atoms with Gasteiger partial charge >= 0.3 is 0 Å². The van der Waals surface area contributed by atoms with Crippen molar-refractivity contribution in [1.82, 2.24) is 20.0 Å². The van der Waals surface area contributed by atoms with Gasteiger partial charge in [-0.25, -0.2) is 4.68 Å². The second-order valence-electron chi connectivity index (χ2n) is 9.83. The molecule has 4 aliphatic carbocycles. The molecule has 2 amide bonds. The first-order valence-corrected chi connectivity index (χ1v) is 11.3. The number of aromatic nitrogens is 2. The van der Waals surface area contributed by atoms with Crippen LogP contribution in [0.1, 0.15) is 68.1 Å². The number of carbonyl (C=O) groups excluding carboxylic acids is 2. The van der Waals surface area contributed by atoms with Crippen molar-refractivity contribution < 1.29 is 14.3 Å². The monoisotopic (exact) mass is 400 g/mol. The highest BCUT2D eigenvalue weighted by molar-refractivity contribution is 5.96. The number of carbonyl (C=O) groups is 2.